The Balaban J connectivity index is 1.52. The summed E-state index contributed by atoms with van der Waals surface area (Å²) >= 11 is 0. The molecule has 2 fully saturated rings. The fourth-order valence-electron chi connectivity index (χ4n) is 3.75. The van der Waals surface area contributed by atoms with Crippen molar-refractivity contribution in [3.63, 3.8) is 0 Å². The topological polar surface area (TPSA) is 43.9 Å². The van der Waals surface area contributed by atoms with Crippen molar-refractivity contribution in [2.45, 2.75) is 27.2 Å². The van der Waals surface area contributed by atoms with Crippen LogP contribution in [0.2, 0.25) is 0 Å². The largest absolute Gasteiger partial charge is 0.368 e. The first-order chi connectivity index (χ1) is 12.0. The summed E-state index contributed by atoms with van der Waals surface area (Å²) < 4.78 is 0. The van der Waals surface area contributed by atoms with Gasteiger partial charge in [0.25, 0.3) is 0 Å². The predicted molar refractivity (Wildman–Crippen MR) is 99.5 cm³/mol. The summed E-state index contributed by atoms with van der Waals surface area (Å²) in [5.74, 6) is 0.164. The molecular weight excluding hydrogens is 314 g/mol. The molecule has 0 spiro atoms. The fourth-order valence-corrected chi connectivity index (χ4v) is 3.75. The summed E-state index contributed by atoms with van der Waals surface area (Å²) in [4.78, 5) is 31.2. The van der Waals surface area contributed by atoms with Crippen molar-refractivity contribution < 1.29 is 9.59 Å². The lowest BCUT2D eigenvalue weighted by atomic mass is 10.1. The first-order valence-corrected chi connectivity index (χ1v) is 9.44. The molecule has 0 radical (unpaired) electrons. The van der Waals surface area contributed by atoms with E-state index in [4.69, 9.17) is 0 Å². The molecule has 0 bridgehead atoms. The summed E-state index contributed by atoms with van der Waals surface area (Å²) in [5.41, 5.74) is 2.49. The zero-order chi connectivity index (χ0) is 18.0. The van der Waals surface area contributed by atoms with Gasteiger partial charge in [0.2, 0.25) is 11.8 Å². The molecule has 136 valence electrons. The van der Waals surface area contributed by atoms with Crippen molar-refractivity contribution in [3.05, 3.63) is 29.8 Å². The number of aryl methyl sites for hydroxylation is 1. The highest BCUT2D eigenvalue weighted by atomic mass is 16.2. The first-order valence-electron chi connectivity index (χ1n) is 9.44. The molecular formula is C20H29N3O2. The van der Waals surface area contributed by atoms with E-state index in [1.165, 1.54) is 11.3 Å². The maximum absolute atomic E-state index is 12.7. The molecule has 3 rings (SSSR count). The van der Waals surface area contributed by atoms with Crippen LogP contribution >= 0.6 is 0 Å². The fraction of sp³-hybridized carbons (Fsp3) is 0.600. The molecule has 1 aliphatic carbocycles. The number of carbonyl (C=O) groups excluding carboxylic acids is 2. The van der Waals surface area contributed by atoms with Crippen LogP contribution in [-0.4, -0.2) is 60.9 Å². The molecule has 1 aromatic rings. The van der Waals surface area contributed by atoms with E-state index >= 15 is 0 Å². The highest BCUT2D eigenvalue weighted by Crippen LogP contribution is 2.41. The van der Waals surface area contributed by atoms with Crippen molar-refractivity contribution in [3.8, 4) is 0 Å². The van der Waals surface area contributed by atoms with Gasteiger partial charge in [0, 0.05) is 45.0 Å². The number of benzene rings is 1. The van der Waals surface area contributed by atoms with E-state index in [2.05, 4.69) is 36.1 Å². The summed E-state index contributed by atoms with van der Waals surface area (Å²) in [5, 5.41) is 0. The summed E-state index contributed by atoms with van der Waals surface area (Å²) in [6.07, 6.45) is 0.728. The van der Waals surface area contributed by atoms with Gasteiger partial charge in [-0.05, 0) is 44.9 Å². The van der Waals surface area contributed by atoms with Crippen LogP contribution in [0.5, 0.6) is 0 Å². The van der Waals surface area contributed by atoms with Gasteiger partial charge < -0.3 is 14.7 Å². The standard InChI is InChI=1S/C20H29N3O2/c1-4-21(5-2)19(24)17-14-18(17)20(25)23-11-9-22(10-12-23)16-8-6-7-15(3)13-16/h6-8,13,17-18H,4-5,9-12,14H2,1-3H3. The van der Waals surface area contributed by atoms with E-state index in [1.807, 2.05) is 23.6 Å². The van der Waals surface area contributed by atoms with Gasteiger partial charge in [-0.15, -0.1) is 0 Å². The third-order valence-corrected chi connectivity index (χ3v) is 5.46. The Morgan fingerprint density at radius 1 is 1.08 bits per heavy atom. The van der Waals surface area contributed by atoms with Crippen LogP contribution in [0.4, 0.5) is 5.69 Å². The molecule has 2 amide bonds. The van der Waals surface area contributed by atoms with Crippen LogP contribution in [0.1, 0.15) is 25.8 Å². The monoisotopic (exact) mass is 343 g/mol. The minimum atomic E-state index is -0.0846. The summed E-state index contributed by atoms with van der Waals surface area (Å²) in [6.45, 7) is 10.7. The molecule has 1 aromatic carbocycles. The summed E-state index contributed by atoms with van der Waals surface area (Å²) in [6, 6.07) is 8.50. The second-order valence-electron chi connectivity index (χ2n) is 7.11. The number of anilines is 1. The second kappa shape index (κ2) is 7.46. The third-order valence-electron chi connectivity index (χ3n) is 5.46. The van der Waals surface area contributed by atoms with Gasteiger partial charge in [-0.1, -0.05) is 12.1 Å². The van der Waals surface area contributed by atoms with Crippen LogP contribution in [0.15, 0.2) is 24.3 Å². The molecule has 1 saturated carbocycles. The minimum absolute atomic E-state index is 0.0813. The zero-order valence-corrected chi connectivity index (χ0v) is 15.6. The van der Waals surface area contributed by atoms with Gasteiger partial charge in [0.05, 0.1) is 11.8 Å². The number of hydrogen-bond donors (Lipinski definition) is 0. The molecule has 0 N–H and O–H groups in total. The lowest BCUT2D eigenvalue weighted by molar-refractivity contribution is -0.138. The van der Waals surface area contributed by atoms with Gasteiger partial charge in [0.15, 0.2) is 0 Å². The molecule has 1 saturated heterocycles. The van der Waals surface area contributed by atoms with Gasteiger partial charge in [-0.2, -0.15) is 0 Å². The average molecular weight is 343 g/mol. The first kappa shape index (κ1) is 17.8. The normalized spacial score (nSPS) is 22.7. The Hall–Kier alpha value is -2.04. The SMILES string of the molecule is CCN(CC)C(=O)C1CC1C(=O)N1CCN(c2cccc(C)c2)CC1. The van der Waals surface area contributed by atoms with Crippen molar-refractivity contribution in [1.82, 2.24) is 9.80 Å². The van der Waals surface area contributed by atoms with Crippen molar-refractivity contribution in [2.24, 2.45) is 11.8 Å². The van der Waals surface area contributed by atoms with Crippen LogP contribution in [0.3, 0.4) is 0 Å². The van der Waals surface area contributed by atoms with Gasteiger partial charge in [0.1, 0.15) is 0 Å². The van der Waals surface area contributed by atoms with E-state index < -0.39 is 0 Å². The maximum Gasteiger partial charge on any atom is 0.226 e. The smallest absolute Gasteiger partial charge is 0.226 e. The van der Waals surface area contributed by atoms with E-state index in [1.54, 1.807) is 0 Å². The van der Waals surface area contributed by atoms with Crippen molar-refractivity contribution in [2.75, 3.05) is 44.2 Å². The number of carbonyl (C=O) groups is 2. The Labute approximate surface area is 150 Å². The average Bonchev–Trinajstić information content (AvgIpc) is 3.43. The third kappa shape index (κ3) is 3.80. The Kier molecular flexibility index (Phi) is 5.30. The van der Waals surface area contributed by atoms with Crippen molar-refractivity contribution in [1.29, 1.82) is 0 Å². The van der Waals surface area contributed by atoms with E-state index in [-0.39, 0.29) is 23.7 Å². The van der Waals surface area contributed by atoms with Crippen LogP contribution < -0.4 is 4.90 Å². The van der Waals surface area contributed by atoms with Gasteiger partial charge in [-0.25, -0.2) is 0 Å². The van der Waals surface area contributed by atoms with Gasteiger partial charge in [-0.3, -0.25) is 9.59 Å². The summed E-state index contributed by atoms with van der Waals surface area (Å²) in [7, 11) is 0. The number of amides is 2. The van der Waals surface area contributed by atoms with E-state index in [9.17, 15) is 9.59 Å². The van der Waals surface area contributed by atoms with Crippen LogP contribution in [0, 0.1) is 18.8 Å². The van der Waals surface area contributed by atoms with Crippen molar-refractivity contribution >= 4 is 17.5 Å². The lowest BCUT2D eigenvalue weighted by Gasteiger charge is -2.36. The van der Waals surface area contributed by atoms with Gasteiger partial charge >= 0.3 is 0 Å². The number of nitrogens with zero attached hydrogens (tertiary/aromatic N) is 3. The Bertz CT molecular complexity index is 634. The highest BCUT2D eigenvalue weighted by Gasteiger charge is 2.50. The number of piperazine rings is 1. The predicted octanol–water partition coefficient (Wildman–Crippen LogP) is 2.15. The molecule has 2 atom stereocenters. The lowest BCUT2D eigenvalue weighted by Crippen LogP contribution is -2.49. The Morgan fingerprint density at radius 2 is 1.76 bits per heavy atom. The zero-order valence-electron chi connectivity index (χ0n) is 15.6. The molecule has 1 aliphatic heterocycles. The molecule has 2 unspecified atom stereocenters. The maximum atomic E-state index is 12.7. The van der Waals surface area contributed by atoms with E-state index in [0.29, 0.717) is 0 Å². The van der Waals surface area contributed by atoms with Crippen LogP contribution in [-0.2, 0) is 9.59 Å². The second-order valence-corrected chi connectivity index (χ2v) is 7.11. The molecule has 1 heterocycles. The highest BCUT2D eigenvalue weighted by molar-refractivity contribution is 5.92. The quantitative estimate of drug-likeness (QED) is 0.823. The number of hydrogen-bond acceptors (Lipinski definition) is 3. The molecule has 5 heteroatoms. The molecule has 25 heavy (non-hydrogen) atoms. The van der Waals surface area contributed by atoms with E-state index in [0.717, 1.165) is 45.7 Å². The molecule has 2 aliphatic rings. The minimum Gasteiger partial charge on any atom is -0.368 e. The molecule has 0 aromatic heterocycles. The van der Waals surface area contributed by atoms with Crippen LogP contribution in [0.25, 0.3) is 0 Å². The Morgan fingerprint density at radius 3 is 2.36 bits per heavy atom. The molecule has 5 nitrogen and oxygen atoms in total. The number of rotatable bonds is 5.